The Bertz CT molecular complexity index is 652. The molecule has 0 radical (unpaired) electrons. The van der Waals surface area contributed by atoms with Gasteiger partial charge in [-0.25, -0.2) is 0 Å². The molecule has 2 heterocycles. The highest BCUT2D eigenvalue weighted by Gasteiger charge is 2.28. The molecule has 0 aromatic carbocycles. The minimum absolute atomic E-state index is 0.0231. The first-order valence-electron chi connectivity index (χ1n) is 9.25. The lowest BCUT2D eigenvalue weighted by Crippen LogP contribution is -2.37. The van der Waals surface area contributed by atoms with E-state index >= 15 is 0 Å². The van der Waals surface area contributed by atoms with E-state index in [0.717, 1.165) is 57.3 Å². The fraction of sp³-hybridized carbons (Fsp3) is 0.722. The van der Waals surface area contributed by atoms with Crippen LogP contribution in [0.1, 0.15) is 47.4 Å². The highest BCUT2D eigenvalue weighted by Crippen LogP contribution is 2.25. The van der Waals surface area contributed by atoms with Crippen LogP contribution in [0.2, 0.25) is 0 Å². The number of nitrogens with zero attached hydrogens (tertiary/aromatic N) is 4. The zero-order chi connectivity index (χ0) is 18.0. The standard InChI is InChI=1S/C18H29N5O2/c1-21(2)18(25)17-14-12-13(7-8-15(14)22(3)20-17)19-9-5-11-23-10-4-6-16(23)24/h13,19H,4-12H2,1-3H3. The van der Waals surface area contributed by atoms with Crippen LogP contribution in [0.4, 0.5) is 0 Å². The molecule has 1 aromatic rings. The third kappa shape index (κ3) is 3.86. The lowest BCUT2D eigenvalue weighted by atomic mass is 9.91. The fourth-order valence-electron chi connectivity index (χ4n) is 3.86. The Hall–Kier alpha value is -1.89. The molecule has 25 heavy (non-hydrogen) atoms. The van der Waals surface area contributed by atoms with Gasteiger partial charge in [-0.1, -0.05) is 0 Å². The van der Waals surface area contributed by atoms with E-state index in [-0.39, 0.29) is 5.91 Å². The summed E-state index contributed by atoms with van der Waals surface area (Å²) in [6.07, 6.45) is 5.54. The Balaban J connectivity index is 1.54. The number of amides is 2. The first-order valence-corrected chi connectivity index (χ1v) is 9.25. The van der Waals surface area contributed by atoms with Crippen LogP contribution < -0.4 is 5.32 Å². The number of aromatic nitrogens is 2. The van der Waals surface area contributed by atoms with E-state index in [4.69, 9.17) is 0 Å². The summed E-state index contributed by atoms with van der Waals surface area (Å²) in [5, 5.41) is 8.06. The lowest BCUT2D eigenvalue weighted by Gasteiger charge is -2.25. The molecule has 2 aliphatic rings. The van der Waals surface area contributed by atoms with Crippen LogP contribution in [-0.2, 0) is 24.7 Å². The van der Waals surface area contributed by atoms with Crippen LogP contribution in [0.25, 0.3) is 0 Å². The molecule has 3 rings (SSSR count). The monoisotopic (exact) mass is 347 g/mol. The second kappa shape index (κ2) is 7.56. The quantitative estimate of drug-likeness (QED) is 0.765. The van der Waals surface area contributed by atoms with Crippen molar-refractivity contribution in [1.82, 2.24) is 24.9 Å². The summed E-state index contributed by atoms with van der Waals surface area (Å²) in [6.45, 7) is 2.67. The number of hydrogen-bond donors (Lipinski definition) is 1. The van der Waals surface area contributed by atoms with E-state index < -0.39 is 0 Å². The summed E-state index contributed by atoms with van der Waals surface area (Å²) >= 11 is 0. The Morgan fingerprint density at radius 3 is 2.84 bits per heavy atom. The van der Waals surface area contributed by atoms with Crippen molar-refractivity contribution in [2.45, 2.75) is 44.6 Å². The minimum atomic E-state index is -0.0231. The van der Waals surface area contributed by atoms with Gasteiger partial charge in [-0.15, -0.1) is 0 Å². The van der Waals surface area contributed by atoms with Gasteiger partial charge < -0.3 is 15.1 Å². The molecule has 138 valence electrons. The summed E-state index contributed by atoms with van der Waals surface area (Å²) in [7, 11) is 5.45. The number of fused-ring (bicyclic) bond motifs is 1. The smallest absolute Gasteiger partial charge is 0.274 e. The molecular formula is C18H29N5O2. The summed E-state index contributed by atoms with van der Waals surface area (Å²) in [5.74, 6) is 0.273. The van der Waals surface area contributed by atoms with E-state index in [1.165, 1.54) is 5.69 Å². The number of rotatable bonds is 6. The van der Waals surface area contributed by atoms with Gasteiger partial charge in [0.25, 0.3) is 5.91 Å². The maximum absolute atomic E-state index is 12.4. The lowest BCUT2D eigenvalue weighted by molar-refractivity contribution is -0.127. The molecule has 1 unspecified atom stereocenters. The largest absolute Gasteiger partial charge is 0.343 e. The van der Waals surface area contributed by atoms with E-state index in [1.807, 2.05) is 16.6 Å². The number of aryl methyl sites for hydroxylation is 1. The van der Waals surface area contributed by atoms with Crippen molar-refractivity contribution < 1.29 is 9.59 Å². The van der Waals surface area contributed by atoms with Gasteiger partial charge in [-0.2, -0.15) is 5.10 Å². The van der Waals surface area contributed by atoms with Crippen molar-refractivity contribution >= 4 is 11.8 Å². The van der Waals surface area contributed by atoms with Crippen LogP contribution in [0.3, 0.4) is 0 Å². The molecule has 1 saturated heterocycles. The second-order valence-electron chi connectivity index (χ2n) is 7.33. The van der Waals surface area contributed by atoms with Crippen molar-refractivity contribution in [2.24, 2.45) is 7.05 Å². The van der Waals surface area contributed by atoms with Crippen molar-refractivity contribution in [3.05, 3.63) is 17.0 Å². The van der Waals surface area contributed by atoms with E-state index in [9.17, 15) is 9.59 Å². The molecule has 1 N–H and O–H groups in total. The number of likely N-dealkylation sites (tertiary alicyclic amines) is 1. The third-order valence-electron chi connectivity index (χ3n) is 5.27. The molecule has 7 heteroatoms. The number of carbonyl (C=O) groups excluding carboxylic acids is 2. The van der Waals surface area contributed by atoms with Gasteiger partial charge in [0.2, 0.25) is 5.91 Å². The highest BCUT2D eigenvalue weighted by molar-refractivity contribution is 5.93. The zero-order valence-electron chi connectivity index (χ0n) is 15.5. The maximum Gasteiger partial charge on any atom is 0.274 e. The van der Waals surface area contributed by atoms with Gasteiger partial charge in [0.05, 0.1) is 0 Å². The normalized spacial score (nSPS) is 20.0. The SMILES string of the molecule is CN(C)C(=O)c1nn(C)c2c1CC(NCCCN1CCCC1=O)CC2. The molecule has 1 aromatic heterocycles. The zero-order valence-corrected chi connectivity index (χ0v) is 15.5. The molecule has 1 fully saturated rings. The number of nitrogens with one attached hydrogen (secondary N) is 1. The first-order chi connectivity index (χ1) is 12.0. The fourth-order valence-corrected chi connectivity index (χ4v) is 3.86. The Kier molecular flexibility index (Phi) is 5.42. The van der Waals surface area contributed by atoms with Crippen LogP contribution in [0, 0.1) is 0 Å². The second-order valence-corrected chi connectivity index (χ2v) is 7.33. The van der Waals surface area contributed by atoms with Gasteiger partial charge in [0.1, 0.15) is 0 Å². The van der Waals surface area contributed by atoms with Gasteiger partial charge in [0.15, 0.2) is 5.69 Å². The predicted octanol–water partition coefficient (Wildman–Crippen LogP) is 0.581. The average molecular weight is 347 g/mol. The molecule has 0 saturated carbocycles. The molecule has 0 bridgehead atoms. The summed E-state index contributed by atoms with van der Waals surface area (Å²) < 4.78 is 1.86. The van der Waals surface area contributed by atoms with Gasteiger partial charge in [-0.3, -0.25) is 14.3 Å². The van der Waals surface area contributed by atoms with E-state index in [0.29, 0.717) is 24.1 Å². The third-order valence-corrected chi connectivity index (χ3v) is 5.27. The molecule has 1 aliphatic heterocycles. The van der Waals surface area contributed by atoms with Crippen molar-refractivity contribution in [1.29, 1.82) is 0 Å². The summed E-state index contributed by atoms with van der Waals surface area (Å²) in [4.78, 5) is 27.6. The molecule has 1 aliphatic carbocycles. The summed E-state index contributed by atoms with van der Waals surface area (Å²) in [6, 6.07) is 0.375. The number of carbonyl (C=O) groups is 2. The number of hydrogen-bond acceptors (Lipinski definition) is 4. The van der Waals surface area contributed by atoms with Crippen LogP contribution in [0.5, 0.6) is 0 Å². The summed E-state index contributed by atoms with van der Waals surface area (Å²) in [5.41, 5.74) is 2.88. The average Bonchev–Trinajstić information content (AvgIpc) is 3.14. The van der Waals surface area contributed by atoms with Crippen LogP contribution in [0.15, 0.2) is 0 Å². The van der Waals surface area contributed by atoms with Crippen molar-refractivity contribution in [3.8, 4) is 0 Å². The molecule has 7 nitrogen and oxygen atoms in total. The van der Waals surface area contributed by atoms with E-state index in [2.05, 4.69) is 10.4 Å². The maximum atomic E-state index is 12.4. The molecular weight excluding hydrogens is 318 g/mol. The van der Waals surface area contributed by atoms with Gasteiger partial charge in [0, 0.05) is 58.0 Å². The topological polar surface area (TPSA) is 70.5 Å². The van der Waals surface area contributed by atoms with Gasteiger partial charge in [-0.05, 0) is 38.6 Å². The predicted molar refractivity (Wildman–Crippen MR) is 95.5 cm³/mol. The Labute approximate surface area is 149 Å². The first kappa shape index (κ1) is 17.9. The Morgan fingerprint density at radius 2 is 2.16 bits per heavy atom. The molecule has 0 spiro atoms. The molecule has 2 amide bonds. The van der Waals surface area contributed by atoms with Crippen LogP contribution >= 0.6 is 0 Å². The van der Waals surface area contributed by atoms with Crippen LogP contribution in [-0.4, -0.2) is 71.2 Å². The van der Waals surface area contributed by atoms with Crippen molar-refractivity contribution in [3.63, 3.8) is 0 Å². The minimum Gasteiger partial charge on any atom is -0.343 e. The molecule has 1 atom stereocenters. The van der Waals surface area contributed by atoms with Gasteiger partial charge >= 0.3 is 0 Å². The van der Waals surface area contributed by atoms with E-state index in [1.54, 1.807) is 19.0 Å². The Morgan fingerprint density at radius 1 is 1.36 bits per heavy atom. The van der Waals surface area contributed by atoms with Crippen molar-refractivity contribution in [2.75, 3.05) is 33.7 Å². The highest BCUT2D eigenvalue weighted by atomic mass is 16.2.